The van der Waals surface area contributed by atoms with Crippen molar-refractivity contribution in [3.63, 3.8) is 0 Å². The number of Topliss-reactive ketones (excluding diaryl/α,β-unsaturated/α-hetero) is 2. The molecule has 0 spiro atoms. The molecule has 0 amide bonds. The van der Waals surface area contributed by atoms with Crippen LogP contribution in [-0.4, -0.2) is 34.3 Å². The zero-order chi connectivity index (χ0) is 49.2. The second kappa shape index (κ2) is 17.8. The van der Waals surface area contributed by atoms with E-state index >= 15 is 0 Å². The first-order valence-electron chi connectivity index (χ1n) is 28.9. The van der Waals surface area contributed by atoms with Gasteiger partial charge in [0.2, 0.25) is 0 Å². The summed E-state index contributed by atoms with van der Waals surface area (Å²) < 4.78 is 0. The van der Waals surface area contributed by atoms with Gasteiger partial charge in [-0.1, -0.05) is 84.3 Å². The minimum atomic E-state index is -0.161. The van der Waals surface area contributed by atoms with Gasteiger partial charge in [-0.25, -0.2) is 0 Å². The minimum Gasteiger partial charge on any atom is -0.389 e. The number of fused-ring (bicyclic) bond motifs is 15. The Morgan fingerprint density at radius 1 is 0.478 bits per heavy atom. The van der Waals surface area contributed by atoms with Gasteiger partial charge in [0.05, 0.1) is 6.10 Å². The summed E-state index contributed by atoms with van der Waals surface area (Å²) in [6, 6.07) is 0. The third kappa shape index (κ3) is 7.55. The van der Waals surface area contributed by atoms with E-state index in [1.54, 1.807) is 0 Å². The van der Waals surface area contributed by atoms with E-state index < -0.39 is 0 Å². The average molecular weight is 941 g/mol. The van der Waals surface area contributed by atoms with E-state index in [2.05, 4.69) is 73.6 Å². The molecule has 378 valence electrons. The molecular weight excluding hydrogens is 849 g/mol. The maximum atomic E-state index is 12.5. The van der Waals surface area contributed by atoms with E-state index in [9.17, 15) is 24.3 Å². The van der Waals surface area contributed by atoms with Crippen LogP contribution in [0.1, 0.15) is 210 Å². The monoisotopic (exact) mass is 941 g/mol. The Morgan fingerprint density at radius 3 is 1.45 bits per heavy atom. The first-order chi connectivity index (χ1) is 32.7. The van der Waals surface area contributed by atoms with Crippen molar-refractivity contribution in [3.8, 4) is 0 Å². The quantitative estimate of drug-likeness (QED) is 0.193. The van der Waals surface area contributed by atoms with Crippen LogP contribution >= 0.6 is 0 Å². The number of aliphatic hydroxyl groups excluding tert-OH is 1. The lowest BCUT2D eigenvalue weighted by atomic mass is 9.44. The van der Waals surface area contributed by atoms with Crippen LogP contribution in [-0.2, 0) is 19.2 Å². The number of hydrogen-bond donors (Lipinski definition) is 1. The second-order valence-corrected chi connectivity index (χ2v) is 27.5. The van der Waals surface area contributed by atoms with E-state index in [-0.39, 0.29) is 27.8 Å². The molecule has 5 heteroatoms. The standard InChI is InChI=1S/C22H36O.2C21H28O2/c1-5-17-20(23)13-19-16-7-6-15-12-14(2)8-10-21(15,3)18(16)9-11-22(17,19)4;2*1-4-16-19(23)12-18-15-6-5-13-11-14(22)7-9-20(13,2)17(15)8-10-21(16,18)3/h5,14-16,18-20,23H,6-13H2,1-4H3;2*4,11,15,17-18H,5-10,12H2,1-3H3/b17-5-;16-4+;16-4-/t14?,15?,16?,18?,19?,20?,21-,22+;2*15?,17?,18?,20-,21+/m000/s1. The number of aliphatic hydroxyl groups is 1. The van der Waals surface area contributed by atoms with Crippen molar-refractivity contribution >= 4 is 23.1 Å². The molecule has 12 aliphatic carbocycles. The summed E-state index contributed by atoms with van der Waals surface area (Å²) in [6.45, 7) is 23.3. The smallest absolute Gasteiger partial charge is 0.159 e. The summed E-state index contributed by atoms with van der Waals surface area (Å²) in [4.78, 5) is 48.8. The molecule has 69 heavy (non-hydrogen) atoms. The summed E-state index contributed by atoms with van der Waals surface area (Å²) in [5.41, 5.74) is 7.91. The number of ketones is 4. The fourth-order valence-corrected chi connectivity index (χ4v) is 21.3. The van der Waals surface area contributed by atoms with Crippen molar-refractivity contribution in [1.29, 1.82) is 0 Å². The molecule has 0 aliphatic heterocycles. The van der Waals surface area contributed by atoms with Crippen molar-refractivity contribution < 1.29 is 24.3 Å². The second-order valence-electron chi connectivity index (χ2n) is 27.5. The Labute approximate surface area is 418 Å². The maximum Gasteiger partial charge on any atom is 0.159 e. The summed E-state index contributed by atoms with van der Waals surface area (Å²) in [6.07, 6.45) is 35.3. The van der Waals surface area contributed by atoms with Gasteiger partial charge in [-0.05, 0) is 256 Å². The Morgan fingerprint density at radius 2 is 0.957 bits per heavy atom. The SMILES string of the molecule is C/C=C1/C(=O)CC2C3CCC4=CC(=O)CC[C@]4(C)C3CC[C@]12C.C/C=C1/C(O)CC2C3CCC4CC(C)CC[C@]4(C)C3CC[C@]12C.C/C=C1\C(=O)CC2C3CCC4=CC(=O)CC[C@]4(C)C3CC[C@]12C. The molecule has 5 nitrogen and oxygen atoms in total. The maximum absolute atomic E-state index is 12.5. The Bertz CT molecular complexity index is 2180. The van der Waals surface area contributed by atoms with Crippen molar-refractivity contribution in [2.75, 3.05) is 0 Å². The largest absolute Gasteiger partial charge is 0.389 e. The Balaban J connectivity index is 0.000000120. The highest BCUT2D eigenvalue weighted by atomic mass is 16.3. The van der Waals surface area contributed by atoms with Gasteiger partial charge >= 0.3 is 0 Å². The lowest BCUT2D eigenvalue weighted by Gasteiger charge is -2.60. The van der Waals surface area contributed by atoms with Crippen LogP contribution in [0.4, 0.5) is 0 Å². The Hall–Kier alpha value is -2.66. The van der Waals surface area contributed by atoms with E-state index in [1.807, 2.05) is 26.0 Å². The number of allylic oxidation sites excluding steroid dienone is 7. The zero-order valence-electron chi connectivity index (χ0n) is 45.0. The highest BCUT2D eigenvalue weighted by Gasteiger charge is 2.63. The number of carbonyl (C=O) groups is 4. The van der Waals surface area contributed by atoms with Crippen molar-refractivity contribution in [3.05, 3.63) is 58.2 Å². The molecule has 0 aromatic rings. The Kier molecular flexibility index (Phi) is 12.9. The molecule has 0 saturated heterocycles. The van der Waals surface area contributed by atoms with Crippen LogP contribution in [0.15, 0.2) is 58.2 Å². The van der Waals surface area contributed by atoms with Gasteiger partial charge in [0.25, 0.3) is 0 Å². The fourth-order valence-electron chi connectivity index (χ4n) is 21.3. The number of rotatable bonds is 0. The molecule has 12 unspecified atom stereocenters. The van der Waals surface area contributed by atoms with Gasteiger partial charge in [0, 0.05) is 25.7 Å². The van der Waals surface area contributed by atoms with Crippen LogP contribution < -0.4 is 0 Å². The normalized spacial score (nSPS) is 51.1. The predicted octanol–water partition coefficient (Wildman–Crippen LogP) is 14.9. The molecule has 18 atom stereocenters. The molecule has 10 saturated carbocycles. The van der Waals surface area contributed by atoms with E-state index in [4.69, 9.17) is 0 Å². The van der Waals surface area contributed by atoms with Crippen LogP contribution in [0.3, 0.4) is 0 Å². The van der Waals surface area contributed by atoms with Gasteiger partial charge in [0.1, 0.15) is 0 Å². The molecule has 0 bridgehead atoms. The van der Waals surface area contributed by atoms with Gasteiger partial charge in [0.15, 0.2) is 23.1 Å². The molecule has 0 radical (unpaired) electrons. The third-order valence-corrected chi connectivity index (χ3v) is 25.0. The number of carbonyl (C=O) groups excluding carboxylic acids is 4. The van der Waals surface area contributed by atoms with Crippen LogP contribution in [0.2, 0.25) is 0 Å². The van der Waals surface area contributed by atoms with E-state index in [0.717, 1.165) is 98.5 Å². The molecule has 12 aliphatic rings. The molecule has 1 N–H and O–H groups in total. The molecule has 0 aromatic carbocycles. The summed E-state index contributed by atoms with van der Waals surface area (Å²) in [5, 5.41) is 10.6. The average Bonchev–Trinajstić information content (AvgIpc) is 3.86. The fraction of sp³-hybridized carbons (Fsp3) is 0.781. The van der Waals surface area contributed by atoms with Crippen molar-refractivity contribution in [2.24, 2.45) is 97.6 Å². The molecule has 10 fully saturated rings. The first-order valence-corrected chi connectivity index (χ1v) is 28.9. The van der Waals surface area contributed by atoms with Crippen molar-refractivity contribution in [2.45, 2.75) is 217 Å². The van der Waals surface area contributed by atoms with Gasteiger partial charge in [-0.15, -0.1) is 0 Å². The van der Waals surface area contributed by atoms with Crippen LogP contribution in [0, 0.1) is 97.6 Å². The van der Waals surface area contributed by atoms with E-state index in [1.165, 1.54) is 87.3 Å². The third-order valence-electron chi connectivity index (χ3n) is 25.0. The molecule has 12 rings (SSSR count). The van der Waals surface area contributed by atoms with Crippen molar-refractivity contribution in [1.82, 2.24) is 0 Å². The minimum absolute atomic E-state index is 0.106. The van der Waals surface area contributed by atoms with Gasteiger partial charge in [-0.2, -0.15) is 0 Å². The van der Waals surface area contributed by atoms with Crippen LogP contribution in [0.25, 0.3) is 0 Å². The highest BCUT2D eigenvalue weighted by Crippen LogP contribution is 2.70. The molecule has 0 heterocycles. The first kappa shape index (κ1) is 49.9. The predicted molar refractivity (Wildman–Crippen MR) is 278 cm³/mol. The topological polar surface area (TPSA) is 88.5 Å². The zero-order valence-corrected chi connectivity index (χ0v) is 45.0. The lowest BCUT2D eigenvalue weighted by molar-refractivity contribution is -0.118. The molecular formula is C64H92O5. The molecule has 0 aromatic heterocycles. The lowest BCUT2D eigenvalue weighted by Crippen LogP contribution is -2.52. The highest BCUT2D eigenvalue weighted by molar-refractivity contribution is 6.00. The summed E-state index contributed by atoms with van der Waals surface area (Å²) in [5.74, 6) is 9.58. The summed E-state index contributed by atoms with van der Waals surface area (Å²) >= 11 is 0. The van der Waals surface area contributed by atoms with Crippen LogP contribution in [0.5, 0.6) is 0 Å². The van der Waals surface area contributed by atoms with E-state index in [0.29, 0.717) is 82.3 Å². The summed E-state index contributed by atoms with van der Waals surface area (Å²) in [7, 11) is 0. The van der Waals surface area contributed by atoms with Gasteiger partial charge in [-0.3, -0.25) is 19.2 Å². The van der Waals surface area contributed by atoms with Gasteiger partial charge < -0.3 is 5.11 Å². The number of hydrogen-bond acceptors (Lipinski definition) is 5.